The molecule has 3 aromatic carbocycles. The summed E-state index contributed by atoms with van der Waals surface area (Å²) in [6, 6.07) is 20.8. The molecule has 0 saturated heterocycles. The van der Waals surface area contributed by atoms with E-state index in [1.165, 1.54) is 28.5 Å². The van der Waals surface area contributed by atoms with Gasteiger partial charge < -0.3 is 0 Å². The summed E-state index contributed by atoms with van der Waals surface area (Å²) in [5.41, 5.74) is 2.27. The van der Waals surface area contributed by atoms with Gasteiger partial charge in [-0.3, -0.25) is 14.2 Å². The molecule has 9 heteroatoms. The molecule has 1 amide bonds. The third-order valence-electron chi connectivity index (χ3n) is 5.47. The Bertz CT molecular complexity index is 1560. The first-order valence-corrected chi connectivity index (χ1v) is 12.7. The number of thioether (sulfide) groups is 1. The summed E-state index contributed by atoms with van der Waals surface area (Å²) in [5.74, 6) is -0.288. The highest BCUT2D eigenvalue weighted by Gasteiger charge is 2.40. The molecule has 166 valence electrons. The van der Waals surface area contributed by atoms with Gasteiger partial charge in [-0.05, 0) is 43.3 Å². The van der Waals surface area contributed by atoms with Gasteiger partial charge in [-0.2, -0.15) is 0 Å². The Hall–Kier alpha value is -3.43. The molecule has 2 heterocycles. The Labute approximate surface area is 194 Å². The van der Waals surface area contributed by atoms with Crippen LogP contribution in [0, 0.1) is 6.92 Å². The molecule has 1 aromatic heterocycles. The van der Waals surface area contributed by atoms with Gasteiger partial charge in [0.15, 0.2) is 5.16 Å². The molecule has 0 bridgehead atoms. The first kappa shape index (κ1) is 21.4. The van der Waals surface area contributed by atoms with Crippen LogP contribution < -0.4 is 5.56 Å². The van der Waals surface area contributed by atoms with Crippen LogP contribution in [0.15, 0.2) is 87.6 Å². The van der Waals surface area contributed by atoms with Crippen LogP contribution in [-0.2, 0) is 10.0 Å². The molecule has 0 fully saturated rings. The van der Waals surface area contributed by atoms with Crippen LogP contribution in [0.1, 0.15) is 15.9 Å². The van der Waals surface area contributed by atoms with Gasteiger partial charge in [-0.15, -0.1) is 0 Å². The molecule has 0 saturated carbocycles. The summed E-state index contributed by atoms with van der Waals surface area (Å²) in [4.78, 5) is 30.7. The minimum Gasteiger partial charge on any atom is -0.268 e. The van der Waals surface area contributed by atoms with Crippen molar-refractivity contribution in [2.24, 2.45) is 0 Å². The van der Waals surface area contributed by atoms with E-state index in [9.17, 15) is 18.0 Å². The van der Waals surface area contributed by atoms with Crippen LogP contribution in [0.5, 0.6) is 0 Å². The normalized spacial score (nSPS) is 14.6. The van der Waals surface area contributed by atoms with E-state index in [0.717, 1.165) is 9.87 Å². The van der Waals surface area contributed by atoms with Gasteiger partial charge in [0, 0.05) is 12.3 Å². The van der Waals surface area contributed by atoms with Crippen molar-refractivity contribution in [1.82, 2.24) is 13.9 Å². The largest absolute Gasteiger partial charge is 0.269 e. The lowest BCUT2D eigenvalue weighted by Gasteiger charge is -2.16. The lowest BCUT2D eigenvalue weighted by molar-refractivity contribution is 0.0876. The van der Waals surface area contributed by atoms with Crippen molar-refractivity contribution >= 4 is 38.6 Å². The molecule has 0 radical (unpaired) electrons. The molecule has 0 atom stereocenters. The number of hydrogen-bond donors (Lipinski definition) is 0. The minimum atomic E-state index is -3.88. The lowest BCUT2D eigenvalue weighted by atomic mass is 10.2. The number of rotatable bonds is 5. The molecular formula is C24H19N3O4S2. The maximum atomic E-state index is 13.3. The molecule has 5 rings (SSSR count). The van der Waals surface area contributed by atoms with E-state index in [1.807, 2.05) is 37.3 Å². The highest BCUT2D eigenvalue weighted by Crippen LogP contribution is 2.30. The second-order valence-electron chi connectivity index (χ2n) is 7.61. The highest BCUT2D eigenvalue weighted by molar-refractivity contribution is 7.99. The van der Waals surface area contributed by atoms with Crippen LogP contribution in [0.3, 0.4) is 0 Å². The number of para-hydroxylation sites is 1. The fourth-order valence-corrected chi connectivity index (χ4v) is 6.42. The number of amides is 1. The molecule has 0 unspecified atom stereocenters. The van der Waals surface area contributed by atoms with Gasteiger partial charge in [-0.25, -0.2) is 17.7 Å². The van der Waals surface area contributed by atoms with Crippen LogP contribution >= 0.6 is 11.8 Å². The van der Waals surface area contributed by atoms with E-state index in [4.69, 9.17) is 0 Å². The zero-order valence-corrected chi connectivity index (χ0v) is 19.3. The lowest BCUT2D eigenvalue weighted by Crippen LogP contribution is -2.32. The summed E-state index contributed by atoms with van der Waals surface area (Å²) < 4.78 is 28.0. The number of benzene rings is 3. The third-order valence-corrected chi connectivity index (χ3v) is 8.23. The van der Waals surface area contributed by atoms with Crippen molar-refractivity contribution < 1.29 is 13.2 Å². The second kappa shape index (κ2) is 8.17. The molecule has 7 nitrogen and oxygen atoms in total. The quantitative estimate of drug-likeness (QED) is 0.322. The Morgan fingerprint density at radius 1 is 0.909 bits per heavy atom. The molecule has 0 N–H and O–H groups in total. The molecule has 1 aliphatic rings. The molecule has 1 aliphatic heterocycles. The fourth-order valence-electron chi connectivity index (χ4n) is 3.80. The predicted octanol–water partition coefficient (Wildman–Crippen LogP) is 3.63. The summed E-state index contributed by atoms with van der Waals surface area (Å²) >= 11 is 1.24. The van der Waals surface area contributed by atoms with Crippen molar-refractivity contribution in [3.8, 4) is 5.69 Å². The zero-order chi connectivity index (χ0) is 23.2. The maximum Gasteiger partial charge on any atom is 0.269 e. The van der Waals surface area contributed by atoms with Crippen molar-refractivity contribution in [1.29, 1.82) is 0 Å². The van der Waals surface area contributed by atoms with Crippen LogP contribution in [0.25, 0.3) is 16.6 Å². The summed E-state index contributed by atoms with van der Waals surface area (Å²) in [5, 5.41) is 0.930. The van der Waals surface area contributed by atoms with Gasteiger partial charge in [0.1, 0.15) is 4.90 Å². The third kappa shape index (κ3) is 3.63. The van der Waals surface area contributed by atoms with Gasteiger partial charge in [-0.1, -0.05) is 53.7 Å². The SMILES string of the molecule is Cc1ccc(-n2c(SCCN3C(=O)c4ccccc4S3(=O)=O)nc3ccccc3c2=O)cc1. The smallest absolute Gasteiger partial charge is 0.268 e. The van der Waals surface area contributed by atoms with E-state index in [-0.39, 0.29) is 28.3 Å². The average Bonchev–Trinajstić information content (AvgIpc) is 3.01. The van der Waals surface area contributed by atoms with E-state index in [2.05, 4.69) is 4.98 Å². The first-order chi connectivity index (χ1) is 15.9. The monoisotopic (exact) mass is 477 g/mol. The molecule has 0 aliphatic carbocycles. The van der Waals surface area contributed by atoms with E-state index < -0.39 is 15.9 Å². The summed E-state index contributed by atoms with van der Waals surface area (Å²) in [6.45, 7) is 1.93. The Balaban J connectivity index is 1.48. The van der Waals surface area contributed by atoms with Crippen LogP contribution in [0.4, 0.5) is 0 Å². The predicted molar refractivity (Wildman–Crippen MR) is 127 cm³/mol. The molecule has 0 spiro atoms. The topological polar surface area (TPSA) is 89.3 Å². The highest BCUT2D eigenvalue weighted by atomic mass is 32.2. The number of sulfonamides is 1. The summed E-state index contributed by atoms with van der Waals surface area (Å²) in [7, 11) is -3.88. The number of aryl methyl sites for hydroxylation is 1. The summed E-state index contributed by atoms with van der Waals surface area (Å²) in [6.07, 6.45) is 0. The van der Waals surface area contributed by atoms with Crippen molar-refractivity contribution in [3.63, 3.8) is 0 Å². The number of nitrogens with zero attached hydrogens (tertiary/aromatic N) is 3. The number of aromatic nitrogens is 2. The van der Waals surface area contributed by atoms with Crippen molar-refractivity contribution in [2.45, 2.75) is 17.0 Å². The van der Waals surface area contributed by atoms with Crippen molar-refractivity contribution in [2.75, 3.05) is 12.3 Å². The van der Waals surface area contributed by atoms with Crippen molar-refractivity contribution in [3.05, 3.63) is 94.3 Å². The minimum absolute atomic E-state index is 0.0281. The van der Waals surface area contributed by atoms with E-state index >= 15 is 0 Å². The molecule has 33 heavy (non-hydrogen) atoms. The Kier molecular flexibility index (Phi) is 5.30. The first-order valence-electron chi connectivity index (χ1n) is 10.3. The number of carbonyl (C=O) groups is 1. The molecule has 4 aromatic rings. The fraction of sp³-hybridized carbons (Fsp3) is 0.125. The number of fused-ring (bicyclic) bond motifs is 2. The zero-order valence-electron chi connectivity index (χ0n) is 17.6. The van der Waals surface area contributed by atoms with Crippen LogP contribution in [0.2, 0.25) is 0 Å². The standard InChI is InChI=1S/C24H19N3O4S2/c1-16-10-12-17(13-11-16)27-23(29)18-6-2-4-8-20(18)25-24(27)32-15-14-26-22(28)19-7-3-5-9-21(19)33(26,30)31/h2-13H,14-15H2,1H3. The number of carbonyl (C=O) groups excluding carboxylic acids is 1. The maximum absolute atomic E-state index is 13.3. The molecular weight excluding hydrogens is 458 g/mol. The van der Waals surface area contributed by atoms with E-state index in [1.54, 1.807) is 30.3 Å². The van der Waals surface area contributed by atoms with Gasteiger partial charge in [0.05, 0.1) is 22.2 Å². The Morgan fingerprint density at radius 2 is 1.61 bits per heavy atom. The van der Waals surface area contributed by atoms with Gasteiger partial charge >= 0.3 is 0 Å². The van der Waals surface area contributed by atoms with Gasteiger partial charge in [0.2, 0.25) is 0 Å². The number of hydrogen-bond acceptors (Lipinski definition) is 6. The van der Waals surface area contributed by atoms with E-state index in [0.29, 0.717) is 21.7 Å². The Morgan fingerprint density at radius 3 is 2.36 bits per heavy atom. The van der Waals surface area contributed by atoms with Gasteiger partial charge in [0.25, 0.3) is 21.5 Å². The second-order valence-corrected chi connectivity index (χ2v) is 10.5. The average molecular weight is 478 g/mol. The van der Waals surface area contributed by atoms with Crippen LogP contribution in [-0.4, -0.2) is 40.5 Å².